The highest BCUT2D eigenvalue weighted by molar-refractivity contribution is 14.0. The van der Waals surface area contributed by atoms with Crippen LogP contribution in [0.25, 0.3) is 5.82 Å². The van der Waals surface area contributed by atoms with Gasteiger partial charge in [-0.3, -0.25) is 9.89 Å². The molecule has 0 radical (unpaired) electrons. The number of nitrogens with zero attached hydrogens (tertiary/aromatic N) is 6. The zero-order valence-corrected chi connectivity index (χ0v) is 19.2. The topological polar surface area (TPSA) is 70.8 Å². The molecule has 0 saturated carbocycles. The molecule has 8 nitrogen and oxygen atoms in total. The van der Waals surface area contributed by atoms with Gasteiger partial charge in [-0.15, -0.1) is 24.0 Å². The minimum atomic E-state index is 0. The number of aliphatic imine (C=N–C) groups is 1. The first kappa shape index (κ1) is 22.0. The van der Waals surface area contributed by atoms with Gasteiger partial charge in [0.25, 0.3) is 0 Å². The van der Waals surface area contributed by atoms with Crippen molar-refractivity contribution >= 4 is 29.9 Å². The molecule has 2 saturated heterocycles. The van der Waals surface area contributed by atoms with E-state index in [4.69, 9.17) is 4.74 Å². The summed E-state index contributed by atoms with van der Waals surface area (Å²) < 4.78 is 7.28. The average Bonchev–Trinajstić information content (AvgIpc) is 3.44. The molecule has 9 heteroatoms. The average molecular weight is 511 g/mol. The Morgan fingerprint density at radius 2 is 2.14 bits per heavy atom. The highest BCUT2D eigenvalue weighted by Crippen LogP contribution is 2.15. The summed E-state index contributed by atoms with van der Waals surface area (Å²) in [5.74, 6) is 2.49. The highest BCUT2D eigenvalue weighted by Gasteiger charge is 2.23. The maximum atomic E-state index is 5.51. The summed E-state index contributed by atoms with van der Waals surface area (Å²) in [5.41, 5.74) is 1.15. The third kappa shape index (κ3) is 5.89. The highest BCUT2D eigenvalue weighted by atomic mass is 127. The molecular formula is C20H30IN7O. The molecule has 2 aliphatic rings. The number of hydrogen-bond acceptors (Lipinski definition) is 5. The van der Waals surface area contributed by atoms with Crippen LogP contribution in [0.1, 0.15) is 12.0 Å². The van der Waals surface area contributed by atoms with E-state index in [9.17, 15) is 0 Å². The van der Waals surface area contributed by atoms with Crippen molar-refractivity contribution in [3.8, 4) is 5.82 Å². The lowest BCUT2D eigenvalue weighted by atomic mass is 10.1. The third-order valence-corrected chi connectivity index (χ3v) is 5.42. The number of nitrogens with one attached hydrogen (secondary N) is 1. The Labute approximate surface area is 189 Å². The summed E-state index contributed by atoms with van der Waals surface area (Å²) >= 11 is 0. The molecule has 158 valence electrons. The molecule has 1 atom stereocenters. The molecule has 0 bridgehead atoms. The fourth-order valence-electron chi connectivity index (χ4n) is 3.85. The first-order chi connectivity index (χ1) is 13.8. The molecule has 0 amide bonds. The predicted molar refractivity (Wildman–Crippen MR) is 124 cm³/mol. The second kappa shape index (κ2) is 10.9. The SMILES string of the molecule is CN=C(NCc1ccnc(-n2cccn2)c1)N1CCN(CC2CCOC2)CC1.I. The minimum absolute atomic E-state index is 0. The van der Waals surface area contributed by atoms with Crippen molar-refractivity contribution in [3.05, 3.63) is 42.4 Å². The fraction of sp³-hybridized carbons (Fsp3) is 0.550. The second-order valence-corrected chi connectivity index (χ2v) is 7.39. The van der Waals surface area contributed by atoms with Gasteiger partial charge < -0.3 is 15.0 Å². The lowest BCUT2D eigenvalue weighted by molar-refractivity contribution is 0.139. The molecule has 0 aromatic carbocycles. The van der Waals surface area contributed by atoms with Crippen molar-refractivity contribution in [1.82, 2.24) is 29.9 Å². The number of guanidine groups is 1. The quantitative estimate of drug-likeness (QED) is 0.374. The number of ether oxygens (including phenoxy) is 1. The van der Waals surface area contributed by atoms with Gasteiger partial charge >= 0.3 is 0 Å². The number of pyridine rings is 1. The van der Waals surface area contributed by atoms with Gasteiger partial charge in [-0.25, -0.2) is 9.67 Å². The monoisotopic (exact) mass is 511 g/mol. The Kier molecular flexibility index (Phi) is 8.25. The van der Waals surface area contributed by atoms with Crippen LogP contribution in [0.15, 0.2) is 41.8 Å². The van der Waals surface area contributed by atoms with Crippen LogP contribution >= 0.6 is 24.0 Å². The Balaban J connectivity index is 0.00000240. The fourth-order valence-corrected chi connectivity index (χ4v) is 3.85. The number of hydrogen-bond donors (Lipinski definition) is 1. The van der Waals surface area contributed by atoms with Crippen LogP contribution in [0.5, 0.6) is 0 Å². The van der Waals surface area contributed by atoms with E-state index in [2.05, 4.69) is 36.3 Å². The molecule has 0 aliphatic carbocycles. The predicted octanol–water partition coefficient (Wildman–Crippen LogP) is 1.61. The van der Waals surface area contributed by atoms with Gasteiger partial charge in [0, 0.05) is 71.5 Å². The first-order valence-corrected chi connectivity index (χ1v) is 10.0. The van der Waals surface area contributed by atoms with Gasteiger partial charge in [-0.05, 0) is 36.1 Å². The van der Waals surface area contributed by atoms with Gasteiger partial charge in [-0.2, -0.15) is 5.10 Å². The van der Waals surface area contributed by atoms with Crippen molar-refractivity contribution in [1.29, 1.82) is 0 Å². The van der Waals surface area contributed by atoms with Crippen molar-refractivity contribution in [2.75, 3.05) is 53.0 Å². The number of piperazine rings is 1. The Morgan fingerprint density at radius 1 is 1.28 bits per heavy atom. The van der Waals surface area contributed by atoms with Crippen molar-refractivity contribution < 1.29 is 4.74 Å². The van der Waals surface area contributed by atoms with Gasteiger partial charge in [0.05, 0.1) is 6.61 Å². The van der Waals surface area contributed by atoms with E-state index in [0.717, 1.165) is 63.3 Å². The number of rotatable bonds is 5. The van der Waals surface area contributed by atoms with Crippen molar-refractivity contribution in [3.63, 3.8) is 0 Å². The molecule has 2 aliphatic heterocycles. The molecule has 0 spiro atoms. The van der Waals surface area contributed by atoms with Crippen LogP contribution in [0.3, 0.4) is 0 Å². The maximum Gasteiger partial charge on any atom is 0.194 e. The standard InChI is InChI=1S/C20H29N7O.HI/c1-21-20(26-10-8-25(9-11-26)15-18-4-12-28-16-18)23-14-17-3-6-22-19(13-17)27-7-2-5-24-27;/h2-3,5-7,13,18H,4,8-12,14-16H2,1H3,(H,21,23);1H. The van der Waals surface area contributed by atoms with Crippen molar-refractivity contribution in [2.24, 2.45) is 10.9 Å². The maximum absolute atomic E-state index is 5.51. The summed E-state index contributed by atoms with van der Waals surface area (Å²) in [6.07, 6.45) is 6.68. The first-order valence-electron chi connectivity index (χ1n) is 10.0. The van der Waals surface area contributed by atoms with Gasteiger partial charge in [0.15, 0.2) is 11.8 Å². The van der Waals surface area contributed by atoms with Crippen LogP contribution in [0, 0.1) is 5.92 Å². The summed E-state index contributed by atoms with van der Waals surface area (Å²) in [5, 5.41) is 7.74. The van der Waals surface area contributed by atoms with E-state index in [0.29, 0.717) is 12.5 Å². The molecule has 29 heavy (non-hydrogen) atoms. The van der Waals surface area contributed by atoms with E-state index in [1.807, 2.05) is 31.6 Å². The van der Waals surface area contributed by atoms with Gasteiger partial charge in [0.1, 0.15) is 0 Å². The zero-order valence-electron chi connectivity index (χ0n) is 16.9. The molecule has 4 rings (SSSR count). The molecule has 2 aromatic heterocycles. The smallest absolute Gasteiger partial charge is 0.194 e. The zero-order chi connectivity index (χ0) is 19.2. The Morgan fingerprint density at radius 3 is 2.83 bits per heavy atom. The molecular weight excluding hydrogens is 481 g/mol. The van der Waals surface area contributed by atoms with E-state index in [1.54, 1.807) is 10.9 Å². The van der Waals surface area contributed by atoms with Crippen LogP contribution in [0.2, 0.25) is 0 Å². The Bertz CT molecular complexity index is 769. The lowest BCUT2D eigenvalue weighted by Gasteiger charge is -2.37. The Hall–Kier alpha value is -1.72. The summed E-state index contributed by atoms with van der Waals surface area (Å²) in [6, 6.07) is 5.97. The van der Waals surface area contributed by atoms with Crippen LogP contribution in [-0.2, 0) is 11.3 Å². The molecule has 1 unspecified atom stereocenters. The van der Waals surface area contributed by atoms with E-state index in [1.165, 1.54) is 6.42 Å². The third-order valence-electron chi connectivity index (χ3n) is 5.42. The summed E-state index contributed by atoms with van der Waals surface area (Å²) in [4.78, 5) is 13.8. The largest absolute Gasteiger partial charge is 0.381 e. The van der Waals surface area contributed by atoms with Crippen molar-refractivity contribution in [2.45, 2.75) is 13.0 Å². The second-order valence-electron chi connectivity index (χ2n) is 7.39. The molecule has 2 aromatic rings. The van der Waals surface area contributed by atoms with E-state index >= 15 is 0 Å². The summed E-state index contributed by atoms with van der Waals surface area (Å²) in [6.45, 7) is 7.89. The molecule has 2 fully saturated rings. The normalized spacial score (nSPS) is 20.5. The molecule has 1 N–H and O–H groups in total. The lowest BCUT2D eigenvalue weighted by Crippen LogP contribution is -2.53. The molecule has 4 heterocycles. The summed E-state index contributed by atoms with van der Waals surface area (Å²) in [7, 11) is 1.85. The van der Waals surface area contributed by atoms with Crippen LogP contribution < -0.4 is 5.32 Å². The van der Waals surface area contributed by atoms with Crippen LogP contribution in [-0.4, -0.2) is 83.5 Å². The minimum Gasteiger partial charge on any atom is -0.381 e. The number of aromatic nitrogens is 3. The van der Waals surface area contributed by atoms with E-state index < -0.39 is 0 Å². The van der Waals surface area contributed by atoms with E-state index in [-0.39, 0.29) is 24.0 Å². The number of halogens is 1. The van der Waals surface area contributed by atoms with Crippen LogP contribution in [0.4, 0.5) is 0 Å². The van der Waals surface area contributed by atoms with Gasteiger partial charge in [-0.1, -0.05) is 0 Å². The van der Waals surface area contributed by atoms with Gasteiger partial charge in [0.2, 0.25) is 0 Å².